The highest BCUT2D eigenvalue weighted by molar-refractivity contribution is 5.88. The van der Waals surface area contributed by atoms with Gasteiger partial charge in [-0.15, -0.1) is 5.10 Å². The third-order valence-electron chi connectivity index (χ3n) is 2.94. The van der Waals surface area contributed by atoms with Crippen LogP contribution in [0.1, 0.15) is 36.5 Å². The van der Waals surface area contributed by atoms with Crippen molar-refractivity contribution < 1.29 is 14.3 Å². The lowest BCUT2D eigenvalue weighted by Crippen LogP contribution is -2.15. The van der Waals surface area contributed by atoms with Crippen LogP contribution in [0.2, 0.25) is 0 Å². The van der Waals surface area contributed by atoms with Gasteiger partial charge in [-0.3, -0.25) is 0 Å². The van der Waals surface area contributed by atoms with Gasteiger partial charge in [0.25, 0.3) is 0 Å². The Hall–Kier alpha value is -1.43. The van der Waals surface area contributed by atoms with Crippen LogP contribution in [0.25, 0.3) is 0 Å². The molecule has 0 radical (unpaired) electrons. The van der Waals surface area contributed by atoms with Gasteiger partial charge in [0.2, 0.25) is 0 Å². The molecule has 0 bridgehead atoms. The molecule has 0 aliphatic rings. The summed E-state index contributed by atoms with van der Waals surface area (Å²) in [6.45, 7) is 5.54. The van der Waals surface area contributed by atoms with Crippen molar-refractivity contribution in [3.8, 4) is 0 Å². The van der Waals surface area contributed by atoms with Gasteiger partial charge in [-0.25, -0.2) is 9.48 Å². The van der Waals surface area contributed by atoms with E-state index in [9.17, 15) is 4.79 Å². The van der Waals surface area contributed by atoms with Crippen molar-refractivity contribution in [3.63, 3.8) is 0 Å². The van der Waals surface area contributed by atoms with E-state index in [4.69, 9.17) is 9.47 Å². The Morgan fingerprint density at radius 1 is 1.44 bits per heavy atom. The Morgan fingerprint density at radius 2 is 2.17 bits per heavy atom. The first kappa shape index (κ1) is 14.6. The van der Waals surface area contributed by atoms with E-state index < -0.39 is 5.97 Å². The van der Waals surface area contributed by atoms with Crippen molar-refractivity contribution in [1.29, 1.82) is 0 Å². The number of rotatable bonds is 7. The van der Waals surface area contributed by atoms with Gasteiger partial charge in [0, 0.05) is 20.1 Å². The van der Waals surface area contributed by atoms with Crippen LogP contribution in [0.4, 0.5) is 0 Å². The largest absolute Gasteiger partial charge is 0.464 e. The van der Waals surface area contributed by atoms with E-state index in [2.05, 4.69) is 24.2 Å². The predicted molar refractivity (Wildman–Crippen MR) is 66.4 cm³/mol. The highest BCUT2D eigenvalue weighted by Gasteiger charge is 2.20. The summed E-state index contributed by atoms with van der Waals surface area (Å²) >= 11 is 0. The molecule has 0 aliphatic carbocycles. The molecule has 0 aromatic carbocycles. The number of methoxy groups -OCH3 is 2. The minimum absolute atomic E-state index is 0.290. The van der Waals surface area contributed by atoms with Crippen molar-refractivity contribution in [3.05, 3.63) is 11.4 Å². The van der Waals surface area contributed by atoms with Gasteiger partial charge in [-0.1, -0.05) is 25.5 Å². The highest BCUT2D eigenvalue weighted by atomic mass is 16.5. The van der Waals surface area contributed by atoms with Crippen molar-refractivity contribution in [2.45, 2.75) is 33.2 Å². The van der Waals surface area contributed by atoms with Crippen LogP contribution in [-0.2, 0) is 22.4 Å². The van der Waals surface area contributed by atoms with E-state index in [0.717, 1.165) is 18.7 Å². The van der Waals surface area contributed by atoms with Crippen molar-refractivity contribution in [1.82, 2.24) is 15.0 Å². The van der Waals surface area contributed by atoms with Crippen molar-refractivity contribution >= 4 is 5.97 Å². The molecule has 1 aromatic heterocycles. The average Bonchev–Trinajstić information content (AvgIpc) is 2.78. The van der Waals surface area contributed by atoms with Crippen molar-refractivity contribution in [2.75, 3.05) is 20.8 Å². The van der Waals surface area contributed by atoms with E-state index in [-0.39, 0.29) is 5.69 Å². The molecular weight excluding hydrogens is 234 g/mol. The zero-order chi connectivity index (χ0) is 13.5. The molecule has 1 atom stereocenters. The lowest BCUT2D eigenvalue weighted by molar-refractivity contribution is 0.0592. The predicted octanol–water partition coefficient (Wildman–Crippen LogP) is 1.30. The molecule has 0 spiro atoms. The number of carbonyl (C=O) groups is 1. The molecule has 0 saturated heterocycles. The minimum atomic E-state index is -0.448. The number of ether oxygens (including phenoxy) is 2. The van der Waals surface area contributed by atoms with E-state index >= 15 is 0 Å². The van der Waals surface area contributed by atoms with Crippen LogP contribution >= 0.6 is 0 Å². The molecule has 6 nitrogen and oxygen atoms in total. The first-order valence-corrected chi connectivity index (χ1v) is 6.13. The van der Waals surface area contributed by atoms with E-state index in [1.54, 1.807) is 11.8 Å². The Balaban J connectivity index is 2.95. The van der Waals surface area contributed by atoms with Crippen LogP contribution in [0.5, 0.6) is 0 Å². The molecule has 6 heteroatoms. The first-order valence-electron chi connectivity index (χ1n) is 6.13. The smallest absolute Gasteiger partial charge is 0.360 e. The SMILES string of the molecule is CCC(C)Cn1nnc(C(=O)OC)c1CCOC. The van der Waals surface area contributed by atoms with Gasteiger partial charge in [0.15, 0.2) is 5.69 Å². The Labute approximate surface area is 107 Å². The summed E-state index contributed by atoms with van der Waals surface area (Å²) in [6, 6.07) is 0. The summed E-state index contributed by atoms with van der Waals surface area (Å²) in [5.41, 5.74) is 1.07. The fourth-order valence-corrected chi connectivity index (χ4v) is 1.61. The fraction of sp³-hybridized carbons (Fsp3) is 0.750. The number of esters is 1. The third kappa shape index (κ3) is 3.53. The second-order valence-electron chi connectivity index (χ2n) is 4.31. The standard InChI is InChI=1S/C12H21N3O3/c1-5-9(2)8-15-10(6-7-17-3)11(13-14-15)12(16)18-4/h9H,5-8H2,1-4H3. The monoisotopic (exact) mass is 255 g/mol. The van der Waals surface area contributed by atoms with Crippen molar-refractivity contribution in [2.24, 2.45) is 5.92 Å². The molecular formula is C12H21N3O3. The summed E-state index contributed by atoms with van der Waals surface area (Å²) in [5, 5.41) is 7.95. The van der Waals surface area contributed by atoms with Crippen LogP contribution in [-0.4, -0.2) is 41.8 Å². The number of carbonyl (C=O) groups excluding carboxylic acids is 1. The number of nitrogens with zero attached hydrogens (tertiary/aromatic N) is 3. The topological polar surface area (TPSA) is 66.2 Å². The van der Waals surface area contributed by atoms with E-state index in [0.29, 0.717) is 18.9 Å². The van der Waals surface area contributed by atoms with Gasteiger partial charge in [0.05, 0.1) is 19.4 Å². The van der Waals surface area contributed by atoms with Crippen LogP contribution in [0.3, 0.4) is 0 Å². The van der Waals surface area contributed by atoms with E-state index in [1.807, 2.05) is 0 Å². The Bertz CT molecular complexity index is 390. The first-order chi connectivity index (χ1) is 8.63. The molecule has 18 heavy (non-hydrogen) atoms. The highest BCUT2D eigenvalue weighted by Crippen LogP contribution is 2.12. The molecule has 1 aromatic rings. The van der Waals surface area contributed by atoms with Gasteiger partial charge < -0.3 is 9.47 Å². The zero-order valence-electron chi connectivity index (χ0n) is 11.5. The lowest BCUT2D eigenvalue weighted by Gasteiger charge is -2.11. The molecule has 1 unspecified atom stereocenters. The summed E-state index contributed by atoms with van der Waals surface area (Å²) in [4.78, 5) is 11.6. The second-order valence-corrected chi connectivity index (χ2v) is 4.31. The maximum atomic E-state index is 11.6. The molecule has 0 amide bonds. The number of hydrogen-bond donors (Lipinski definition) is 0. The number of aromatic nitrogens is 3. The zero-order valence-corrected chi connectivity index (χ0v) is 11.5. The van der Waals surface area contributed by atoms with Crippen LogP contribution < -0.4 is 0 Å². The molecule has 0 fully saturated rings. The quantitative estimate of drug-likeness (QED) is 0.687. The molecule has 0 saturated carbocycles. The summed E-state index contributed by atoms with van der Waals surface area (Å²) in [6.07, 6.45) is 1.65. The Kier molecular flexibility index (Phi) is 5.77. The van der Waals surface area contributed by atoms with Gasteiger partial charge >= 0.3 is 5.97 Å². The van der Waals surface area contributed by atoms with Crippen LogP contribution in [0, 0.1) is 5.92 Å². The van der Waals surface area contributed by atoms with Gasteiger partial charge in [0.1, 0.15) is 0 Å². The van der Waals surface area contributed by atoms with Gasteiger partial charge in [-0.05, 0) is 5.92 Å². The lowest BCUT2D eigenvalue weighted by atomic mass is 10.1. The normalized spacial score (nSPS) is 12.4. The summed E-state index contributed by atoms with van der Waals surface area (Å²) in [7, 11) is 2.97. The third-order valence-corrected chi connectivity index (χ3v) is 2.94. The maximum absolute atomic E-state index is 11.6. The molecule has 0 aliphatic heterocycles. The molecule has 102 valence electrons. The van der Waals surface area contributed by atoms with E-state index in [1.165, 1.54) is 7.11 Å². The maximum Gasteiger partial charge on any atom is 0.360 e. The fourth-order valence-electron chi connectivity index (χ4n) is 1.61. The summed E-state index contributed by atoms with van der Waals surface area (Å²) < 4.78 is 11.5. The minimum Gasteiger partial charge on any atom is -0.464 e. The molecule has 1 heterocycles. The molecule has 1 rings (SSSR count). The summed E-state index contributed by atoms with van der Waals surface area (Å²) in [5.74, 6) is 0.0370. The Morgan fingerprint density at radius 3 is 2.72 bits per heavy atom. The van der Waals surface area contributed by atoms with Crippen LogP contribution in [0.15, 0.2) is 0 Å². The number of hydrogen-bond acceptors (Lipinski definition) is 5. The second kappa shape index (κ2) is 7.10. The van der Waals surface area contributed by atoms with Gasteiger partial charge in [-0.2, -0.15) is 0 Å². The molecule has 0 N–H and O–H groups in total. The average molecular weight is 255 g/mol.